The van der Waals surface area contributed by atoms with Gasteiger partial charge in [0.2, 0.25) is 0 Å². The molecule has 0 amide bonds. The number of ether oxygens (including phenoxy) is 2. The molecule has 0 aromatic heterocycles. The number of esters is 2. The summed E-state index contributed by atoms with van der Waals surface area (Å²) >= 11 is 3.39. The fourth-order valence-electron chi connectivity index (χ4n) is 2.07. The van der Waals surface area contributed by atoms with E-state index >= 15 is 0 Å². The largest absolute Gasteiger partial charge is 0.451 e. The van der Waals surface area contributed by atoms with Gasteiger partial charge in [-0.3, -0.25) is 9.59 Å². The predicted octanol–water partition coefficient (Wildman–Crippen LogP) is 2.95. The second-order valence-corrected chi connectivity index (χ2v) is 7.25. The van der Waals surface area contributed by atoms with Gasteiger partial charge in [-0.05, 0) is 43.6 Å². The molecule has 2 unspecified atom stereocenters. The highest BCUT2D eigenvalue weighted by molar-refractivity contribution is 8.00. The Morgan fingerprint density at radius 1 is 0.895 bits per heavy atom. The van der Waals surface area contributed by atoms with E-state index in [-0.39, 0.29) is 22.8 Å². The molecule has 0 spiro atoms. The Kier molecular flexibility index (Phi) is 6.37. The molecule has 2 aliphatic heterocycles. The number of hydrogen-bond donors (Lipinski definition) is 0. The Labute approximate surface area is 122 Å². The Morgan fingerprint density at radius 3 is 1.74 bits per heavy atom. The number of carbonyl (C=O) groups excluding carboxylic acids is 2. The first-order chi connectivity index (χ1) is 9.24. The van der Waals surface area contributed by atoms with Crippen molar-refractivity contribution >= 4 is 35.5 Å². The zero-order valence-electron chi connectivity index (χ0n) is 11.0. The molecule has 0 saturated carbocycles. The molecule has 2 atom stereocenters. The maximum absolute atomic E-state index is 11.5. The molecule has 6 heteroatoms. The zero-order valence-corrected chi connectivity index (χ0v) is 12.6. The maximum Gasteiger partial charge on any atom is 0.306 e. The minimum atomic E-state index is -0.192. The van der Waals surface area contributed by atoms with Gasteiger partial charge in [0.15, 0.2) is 0 Å². The summed E-state index contributed by atoms with van der Waals surface area (Å²) < 4.78 is 10.6. The van der Waals surface area contributed by atoms with E-state index in [1.165, 1.54) is 0 Å². The van der Waals surface area contributed by atoms with Crippen LogP contribution < -0.4 is 0 Å². The van der Waals surface area contributed by atoms with Crippen molar-refractivity contribution in [3.63, 3.8) is 0 Å². The highest BCUT2D eigenvalue weighted by Crippen LogP contribution is 2.28. The van der Waals surface area contributed by atoms with Crippen molar-refractivity contribution in [2.75, 3.05) is 11.5 Å². The van der Waals surface area contributed by atoms with Gasteiger partial charge >= 0.3 is 11.9 Å². The van der Waals surface area contributed by atoms with Crippen LogP contribution >= 0.6 is 23.5 Å². The summed E-state index contributed by atoms with van der Waals surface area (Å²) in [5, 5.41) is 0. The van der Waals surface area contributed by atoms with Gasteiger partial charge in [0.1, 0.15) is 10.9 Å². The third kappa shape index (κ3) is 5.65. The Hall–Kier alpha value is -0.360. The van der Waals surface area contributed by atoms with Gasteiger partial charge in [-0.2, -0.15) is 0 Å². The fourth-order valence-corrected chi connectivity index (χ4v) is 4.28. The van der Waals surface area contributed by atoms with E-state index in [1.807, 2.05) is 0 Å². The summed E-state index contributed by atoms with van der Waals surface area (Å²) in [6, 6.07) is 0. The first kappa shape index (κ1) is 15.0. The Balaban J connectivity index is 1.52. The lowest BCUT2D eigenvalue weighted by atomic mass is 10.2. The molecule has 0 N–H and O–H groups in total. The van der Waals surface area contributed by atoms with Gasteiger partial charge in [-0.15, -0.1) is 23.5 Å². The van der Waals surface area contributed by atoms with Gasteiger partial charge in [0, 0.05) is 12.8 Å². The lowest BCUT2D eigenvalue weighted by molar-refractivity contribution is -0.147. The van der Waals surface area contributed by atoms with Crippen LogP contribution in [-0.4, -0.2) is 34.3 Å². The van der Waals surface area contributed by atoms with Crippen molar-refractivity contribution in [1.29, 1.82) is 0 Å². The molecule has 2 heterocycles. The van der Waals surface area contributed by atoms with E-state index in [4.69, 9.17) is 9.47 Å². The summed E-state index contributed by atoms with van der Waals surface area (Å²) in [5.41, 5.74) is 0.0729. The van der Waals surface area contributed by atoms with Crippen LogP contribution in [0.1, 0.15) is 44.9 Å². The highest BCUT2D eigenvalue weighted by Gasteiger charge is 2.21. The van der Waals surface area contributed by atoms with E-state index in [0.717, 1.165) is 37.2 Å². The van der Waals surface area contributed by atoms with Gasteiger partial charge in [-0.1, -0.05) is 0 Å². The van der Waals surface area contributed by atoms with Crippen molar-refractivity contribution in [3.8, 4) is 0 Å². The number of thioether (sulfide) groups is 2. The SMILES string of the molecule is O=C(CCCC(=O)OC1CCCS1)OC1CCCS1. The molecule has 0 aromatic rings. The van der Waals surface area contributed by atoms with Crippen LogP contribution in [0.5, 0.6) is 0 Å². The van der Waals surface area contributed by atoms with Gasteiger partial charge in [-0.25, -0.2) is 0 Å². The number of hydrogen-bond acceptors (Lipinski definition) is 6. The van der Waals surface area contributed by atoms with Gasteiger partial charge in [0.05, 0.1) is 0 Å². The van der Waals surface area contributed by atoms with Crippen LogP contribution in [-0.2, 0) is 19.1 Å². The van der Waals surface area contributed by atoms with E-state index in [9.17, 15) is 9.59 Å². The highest BCUT2D eigenvalue weighted by atomic mass is 32.2. The number of rotatable bonds is 6. The van der Waals surface area contributed by atoms with Crippen LogP contribution in [0, 0.1) is 0 Å². The minimum absolute atomic E-state index is 0.0364. The van der Waals surface area contributed by atoms with Crippen LogP contribution in [0.4, 0.5) is 0 Å². The number of carbonyl (C=O) groups is 2. The topological polar surface area (TPSA) is 52.6 Å². The molecule has 0 radical (unpaired) electrons. The van der Waals surface area contributed by atoms with Crippen molar-refractivity contribution in [3.05, 3.63) is 0 Å². The third-order valence-corrected chi connectivity index (χ3v) is 5.52. The zero-order chi connectivity index (χ0) is 13.5. The molecule has 2 rings (SSSR count). The second kappa shape index (κ2) is 8.04. The fraction of sp³-hybridized carbons (Fsp3) is 0.846. The van der Waals surface area contributed by atoms with Crippen LogP contribution in [0.25, 0.3) is 0 Å². The first-order valence-electron chi connectivity index (χ1n) is 6.86. The van der Waals surface area contributed by atoms with Crippen LogP contribution in [0.15, 0.2) is 0 Å². The van der Waals surface area contributed by atoms with Crippen molar-refractivity contribution in [2.45, 2.75) is 55.8 Å². The molecule has 0 bridgehead atoms. The van der Waals surface area contributed by atoms with Crippen LogP contribution in [0.2, 0.25) is 0 Å². The average molecular weight is 304 g/mol. The monoisotopic (exact) mass is 304 g/mol. The Bertz CT molecular complexity index is 280. The first-order valence-corrected chi connectivity index (χ1v) is 8.96. The summed E-state index contributed by atoms with van der Waals surface area (Å²) in [5.74, 6) is 1.76. The molecular weight excluding hydrogens is 284 g/mol. The minimum Gasteiger partial charge on any atom is -0.451 e. The molecule has 4 nitrogen and oxygen atoms in total. The predicted molar refractivity (Wildman–Crippen MR) is 77.0 cm³/mol. The quantitative estimate of drug-likeness (QED) is 0.703. The molecule has 0 aliphatic carbocycles. The molecular formula is C13H20O4S2. The smallest absolute Gasteiger partial charge is 0.306 e. The van der Waals surface area contributed by atoms with E-state index in [1.54, 1.807) is 23.5 Å². The molecule has 2 aliphatic rings. The van der Waals surface area contributed by atoms with Crippen molar-refractivity contribution in [2.24, 2.45) is 0 Å². The second-order valence-electron chi connectivity index (χ2n) is 4.72. The average Bonchev–Trinajstić information content (AvgIpc) is 3.02. The van der Waals surface area contributed by atoms with Crippen molar-refractivity contribution in [1.82, 2.24) is 0 Å². The molecule has 2 saturated heterocycles. The lowest BCUT2D eigenvalue weighted by Crippen LogP contribution is -2.14. The van der Waals surface area contributed by atoms with E-state index in [2.05, 4.69) is 0 Å². The third-order valence-electron chi connectivity index (χ3n) is 3.06. The van der Waals surface area contributed by atoms with Gasteiger partial charge < -0.3 is 9.47 Å². The summed E-state index contributed by atoms with van der Waals surface area (Å²) in [6.45, 7) is 0. The van der Waals surface area contributed by atoms with Gasteiger partial charge in [0.25, 0.3) is 0 Å². The standard InChI is InChI=1S/C13H20O4S2/c14-10(16-12-6-2-8-18-12)4-1-5-11(15)17-13-7-3-9-19-13/h12-13H,1-9H2. The molecule has 2 fully saturated rings. The van der Waals surface area contributed by atoms with Crippen LogP contribution in [0.3, 0.4) is 0 Å². The Morgan fingerprint density at radius 2 is 1.37 bits per heavy atom. The molecule has 108 valence electrons. The molecule has 0 aromatic carbocycles. The summed E-state index contributed by atoms with van der Waals surface area (Å²) in [4.78, 5) is 23.1. The van der Waals surface area contributed by atoms with Crippen molar-refractivity contribution < 1.29 is 19.1 Å². The summed E-state index contributed by atoms with van der Waals surface area (Å²) in [7, 11) is 0. The maximum atomic E-state index is 11.5. The van der Waals surface area contributed by atoms with E-state index < -0.39 is 0 Å². The van der Waals surface area contributed by atoms with E-state index in [0.29, 0.717) is 19.3 Å². The normalized spacial score (nSPS) is 26.3. The lowest BCUT2D eigenvalue weighted by Gasteiger charge is -2.11. The molecule has 19 heavy (non-hydrogen) atoms. The summed E-state index contributed by atoms with van der Waals surface area (Å²) in [6.07, 6.45) is 5.29.